The van der Waals surface area contributed by atoms with Crippen molar-refractivity contribution < 1.29 is 14.4 Å². The van der Waals surface area contributed by atoms with Gasteiger partial charge in [0.1, 0.15) is 13.1 Å². The fourth-order valence-corrected chi connectivity index (χ4v) is 4.52. The fourth-order valence-electron chi connectivity index (χ4n) is 4.34. The van der Waals surface area contributed by atoms with Crippen LogP contribution in [0, 0.1) is 0 Å². The highest BCUT2D eigenvalue weighted by molar-refractivity contribution is 6.30. The molecule has 0 radical (unpaired) electrons. The number of hydrogen-bond donors (Lipinski definition) is 0. The molecule has 8 heteroatoms. The minimum absolute atomic E-state index is 0.110. The summed E-state index contributed by atoms with van der Waals surface area (Å²) in [7, 11) is 0. The Kier molecular flexibility index (Phi) is 5.44. The molecular formula is C20H25ClN4O3. The number of carbonyl (C=O) groups is 3. The predicted molar refractivity (Wildman–Crippen MR) is 106 cm³/mol. The third-order valence-electron chi connectivity index (χ3n) is 5.95. The zero-order chi connectivity index (χ0) is 19.7. The Morgan fingerprint density at radius 3 is 2.46 bits per heavy atom. The molecule has 150 valence electrons. The summed E-state index contributed by atoms with van der Waals surface area (Å²) in [4.78, 5) is 44.3. The molecule has 1 saturated carbocycles. The molecule has 2 heterocycles. The number of hydrogen-bond acceptors (Lipinski definition) is 4. The first-order valence-electron chi connectivity index (χ1n) is 9.92. The standard InChI is InChI=1S/C20H25ClN4O3/c21-15-4-3-7-17(12-15)22-8-10-23(11-9-22)18(26)13-25-19(27)14-24(20(25)28)16-5-1-2-6-16/h3-4,7,12,16H,1-2,5-6,8-11,13-14H2. The van der Waals surface area contributed by atoms with Crippen LogP contribution in [0.25, 0.3) is 0 Å². The summed E-state index contributed by atoms with van der Waals surface area (Å²) < 4.78 is 0. The first-order chi connectivity index (χ1) is 13.5. The van der Waals surface area contributed by atoms with Crippen LogP contribution in [0.2, 0.25) is 5.02 Å². The van der Waals surface area contributed by atoms with Crippen molar-refractivity contribution in [2.24, 2.45) is 0 Å². The second kappa shape index (κ2) is 7.99. The van der Waals surface area contributed by atoms with Gasteiger partial charge in [0, 0.05) is 42.9 Å². The van der Waals surface area contributed by atoms with E-state index in [0.29, 0.717) is 31.2 Å². The SMILES string of the molecule is O=C(CN1C(=O)CN(C2CCCC2)C1=O)N1CCN(c2cccc(Cl)c2)CC1. The van der Waals surface area contributed by atoms with Crippen molar-refractivity contribution >= 4 is 35.1 Å². The number of carbonyl (C=O) groups excluding carboxylic acids is 3. The highest BCUT2D eigenvalue weighted by atomic mass is 35.5. The van der Waals surface area contributed by atoms with Gasteiger partial charge in [0.25, 0.3) is 5.91 Å². The molecule has 4 amide bonds. The average molecular weight is 405 g/mol. The summed E-state index contributed by atoms with van der Waals surface area (Å²) >= 11 is 6.06. The van der Waals surface area contributed by atoms with E-state index in [9.17, 15) is 14.4 Å². The summed E-state index contributed by atoms with van der Waals surface area (Å²) in [6.45, 7) is 2.48. The van der Waals surface area contributed by atoms with Crippen LogP contribution in [0.4, 0.5) is 10.5 Å². The summed E-state index contributed by atoms with van der Waals surface area (Å²) in [6, 6.07) is 7.51. The van der Waals surface area contributed by atoms with Crippen molar-refractivity contribution in [1.29, 1.82) is 0 Å². The molecule has 0 unspecified atom stereocenters. The van der Waals surface area contributed by atoms with Gasteiger partial charge in [-0.05, 0) is 31.0 Å². The van der Waals surface area contributed by atoms with Crippen molar-refractivity contribution in [3.8, 4) is 0 Å². The minimum Gasteiger partial charge on any atom is -0.368 e. The molecule has 28 heavy (non-hydrogen) atoms. The van der Waals surface area contributed by atoms with Gasteiger partial charge in [0.2, 0.25) is 5.91 Å². The van der Waals surface area contributed by atoms with Crippen LogP contribution in [0.3, 0.4) is 0 Å². The largest absolute Gasteiger partial charge is 0.368 e. The van der Waals surface area contributed by atoms with Crippen molar-refractivity contribution in [1.82, 2.24) is 14.7 Å². The zero-order valence-electron chi connectivity index (χ0n) is 15.8. The van der Waals surface area contributed by atoms with Gasteiger partial charge in [-0.15, -0.1) is 0 Å². The molecule has 1 aromatic rings. The maximum absolute atomic E-state index is 12.7. The maximum Gasteiger partial charge on any atom is 0.327 e. The van der Waals surface area contributed by atoms with Crippen molar-refractivity contribution in [2.45, 2.75) is 31.7 Å². The number of rotatable bonds is 4. The predicted octanol–water partition coefficient (Wildman–Crippen LogP) is 2.20. The van der Waals surface area contributed by atoms with E-state index in [0.717, 1.165) is 36.3 Å². The number of nitrogens with zero attached hydrogens (tertiary/aromatic N) is 4. The van der Waals surface area contributed by atoms with Crippen LogP contribution >= 0.6 is 11.6 Å². The van der Waals surface area contributed by atoms with Gasteiger partial charge >= 0.3 is 6.03 Å². The number of benzene rings is 1. The van der Waals surface area contributed by atoms with E-state index in [-0.39, 0.29) is 37.0 Å². The Labute approximate surface area is 169 Å². The molecule has 3 fully saturated rings. The molecule has 3 aliphatic rings. The third kappa shape index (κ3) is 3.81. The molecule has 2 aliphatic heterocycles. The molecule has 1 aliphatic carbocycles. The van der Waals surface area contributed by atoms with Crippen LogP contribution in [0.1, 0.15) is 25.7 Å². The Hall–Kier alpha value is -2.28. The molecule has 0 atom stereocenters. The number of amides is 4. The van der Waals surface area contributed by atoms with E-state index in [4.69, 9.17) is 11.6 Å². The van der Waals surface area contributed by atoms with Gasteiger partial charge in [0.05, 0.1) is 0 Å². The van der Waals surface area contributed by atoms with Gasteiger partial charge in [-0.1, -0.05) is 30.5 Å². The third-order valence-corrected chi connectivity index (χ3v) is 6.18. The number of imide groups is 1. The van der Waals surface area contributed by atoms with Crippen LogP contribution in [0.5, 0.6) is 0 Å². The first-order valence-corrected chi connectivity index (χ1v) is 10.3. The molecule has 0 spiro atoms. The van der Waals surface area contributed by atoms with Gasteiger partial charge in [-0.3, -0.25) is 14.5 Å². The fraction of sp³-hybridized carbons (Fsp3) is 0.550. The Balaban J connectivity index is 1.32. The summed E-state index contributed by atoms with van der Waals surface area (Å²) in [5.41, 5.74) is 1.04. The highest BCUT2D eigenvalue weighted by Gasteiger charge is 2.41. The second-order valence-electron chi connectivity index (χ2n) is 7.68. The lowest BCUT2D eigenvalue weighted by Crippen LogP contribution is -2.52. The van der Waals surface area contributed by atoms with E-state index in [1.807, 2.05) is 24.3 Å². The topological polar surface area (TPSA) is 64.2 Å². The maximum atomic E-state index is 12.7. The van der Waals surface area contributed by atoms with E-state index in [2.05, 4.69) is 4.90 Å². The molecule has 4 rings (SSSR count). The normalized spacial score (nSPS) is 21.2. The number of halogens is 1. The molecule has 7 nitrogen and oxygen atoms in total. The second-order valence-corrected chi connectivity index (χ2v) is 8.11. The summed E-state index contributed by atoms with van der Waals surface area (Å²) in [6.07, 6.45) is 4.09. The van der Waals surface area contributed by atoms with Crippen LogP contribution in [-0.2, 0) is 9.59 Å². The zero-order valence-corrected chi connectivity index (χ0v) is 16.6. The molecule has 2 saturated heterocycles. The molecule has 1 aromatic carbocycles. The average Bonchev–Trinajstić information content (AvgIpc) is 3.32. The van der Waals surface area contributed by atoms with Crippen LogP contribution < -0.4 is 4.90 Å². The van der Waals surface area contributed by atoms with Gasteiger partial charge in [0.15, 0.2) is 0 Å². The van der Waals surface area contributed by atoms with E-state index in [1.165, 1.54) is 0 Å². The van der Waals surface area contributed by atoms with Gasteiger partial charge < -0.3 is 14.7 Å². The molecule has 0 bridgehead atoms. The smallest absolute Gasteiger partial charge is 0.327 e. The minimum atomic E-state index is -0.303. The monoisotopic (exact) mass is 404 g/mol. The Morgan fingerprint density at radius 2 is 1.79 bits per heavy atom. The van der Waals surface area contributed by atoms with Crippen molar-refractivity contribution in [3.05, 3.63) is 29.3 Å². The van der Waals surface area contributed by atoms with Crippen molar-refractivity contribution in [3.63, 3.8) is 0 Å². The first kappa shape index (κ1) is 19.1. The number of piperazine rings is 1. The van der Waals surface area contributed by atoms with E-state index < -0.39 is 0 Å². The van der Waals surface area contributed by atoms with E-state index >= 15 is 0 Å². The van der Waals surface area contributed by atoms with Crippen LogP contribution in [-0.4, -0.2) is 77.9 Å². The number of anilines is 1. The van der Waals surface area contributed by atoms with Gasteiger partial charge in [-0.2, -0.15) is 0 Å². The lowest BCUT2D eigenvalue weighted by Gasteiger charge is -2.36. The van der Waals surface area contributed by atoms with Crippen LogP contribution in [0.15, 0.2) is 24.3 Å². The van der Waals surface area contributed by atoms with Crippen molar-refractivity contribution in [2.75, 3.05) is 44.2 Å². The molecule has 0 N–H and O–H groups in total. The lowest BCUT2D eigenvalue weighted by molar-refractivity contribution is -0.136. The molecule has 0 aromatic heterocycles. The molecular weight excluding hydrogens is 380 g/mol. The summed E-state index contributed by atoms with van der Waals surface area (Å²) in [5, 5.41) is 0.689. The number of urea groups is 1. The lowest BCUT2D eigenvalue weighted by atomic mass is 10.2. The Bertz CT molecular complexity index is 772. The Morgan fingerprint density at radius 1 is 1.07 bits per heavy atom. The summed E-state index contributed by atoms with van der Waals surface area (Å²) in [5.74, 6) is -0.427. The quantitative estimate of drug-likeness (QED) is 0.722. The van der Waals surface area contributed by atoms with Gasteiger partial charge in [-0.25, -0.2) is 4.79 Å². The highest BCUT2D eigenvalue weighted by Crippen LogP contribution is 2.27. The van der Waals surface area contributed by atoms with E-state index in [1.54, 1.807) is 9.80 Å².